The molecule has 0 fully saturated rings. The molecule has 0 aliphatic heterocycles. The molecule has 0 saturated carbocycles. The number of hydrogen-bond donors (Lipinski definition) is 5. The van der Waals surface area contributed by atoms with Gasteiger partial charge in [0.15, 0.2) is 0 Å². The molecular weight excluding hydrogens is 202 g/mol. The largest absolute Gasteiger partial charge is 0.394 e. The topological polar surface area (TPSA) is 139 Å². The molecule has 0 saturated heterocycles. The van der Waals surface area contributed by atoms with E-state index in [2.05, 4.69) is 5.32 Å². The fraction of sp³-hybridized carbons (Fsp3) is 0.750. The average molecular weight is 219 g/mol. The monoisotopic (exact) mass is 219 g/mol. The maximum absolute atomic E-state index is 11.1. The number of nitrogens with two attached hydrogens (primary N) is 2. The van der Waals surface area contributed by atoms with Crippen molar-refractivity contribution in [3.8, 4) is 0 Å². The van der Waals surface area contributed by atoms with E-state index in [0.29, 0.717) is 6.29 Å². The number of nitrogens with one attached hydrogen (secondary N) is 1. The highest BCUT2D eigenvalue weighted by atomic mass is 16.3. The molecule has 0 spiro atoms. The van der Waals surface area contributed by atoms with Crippen LogP contribution < -0.4 is 16.8 Å². The molecule has 0 aliphatic rings. The summed E-state index contributed by atoms with van der Waals surface area (Å²) in [6, 6.07) is -2.92. The number of aliphatic hydroxyl groups is 2. The summed E-state index contributed by atoms with van der Waals surface area (Å²) in [7, 11) is 0. The van der Waals surface area contributed by atoms with Gasteiger partial charge in [0.1, 0.15) is 6.29 Å². The summed E-state index contributed by atoms with van der Waals surface area (Å²) in [5, 5.41) is 20.6. The van der Waals surface area contributed by atoms with Gasteiger partial charge in [-0.1, -0.05) is 0 Å². The van der Waals surface area contributed by atoms with Crippen molar-refractivity contribution < 1.29 is 19.8 Å². The van der Waals surface area contributed by atoms with Gasteiger partial charge in [-0.25, -0.2) is 0 Å². The zero-order chi connectivity index (χ0) is 12.0. The molecule has 7 heteroatoms. The Balaban J connectivity index is 4.36. The zero-order valence-corrected chi connectivity index (χ0v) is 8.46. The van der Waals surface area contributed by atoms with Crippen LogP contribution in [0, 0.1) is 0 Å². The van der Waals surface area contributed by atoms with Crippen molar-refractivity contribution in [1.82, 2.24) is 5.32 Å². The summed E-state index contributed by atoms with van der Waals surface area (Å²) in [6.45, 7) is 0.928. The summed E-state index contributed by atoms with van der Waals surface area (Å²) in [5.41, 5.74) is 10.5. The molecule has 88 valence electrons. The lowest BCUT2D eigenvalue weighted by Crippen LogP contribution is -2.56. The number of carbonyl (C=O) groups excluding carboxylic acids is 2. The average Bonchev–Trinajstić information content (AvgIpc) is 2.23. The summed E-state index contributed by atoms with van der Waals surface area (Å²) in [6.07, 6.45) is -0.999. The van der Waals surface area contributed by atoms with Crippen LogP contribution in [0.1, 0.15) is 6.92 Å². The quantitative estimate of drug-likeness (QED) is 0.296. The van der Waals surface area contributed by atoms with Crippen molar-refractivity contribution in [1.29, 1.82) is 0 Å². The highest BCUT2D eigenvalue weighted by Crippen LogP contribution is 1.97. The fourth-order valence-electron chi connectivity index (χ4n) is 0.902. The van der Waals surface area contributed by atoms with Crippen molar-refractivity contribution in [2.45, 2.75) is 31.2 Å². The molecule has 0 aliphatic carbocycles. The summed E-state index contributed by atoms with van der Waals surface area (Å²) in [5.74, 6) is -0.536. The van der Waals surface area contributed by atoms with Crippen molar-refractivity contribution in [2.75, 3.05) is 6.61 Å². The molecule has 7 nitrogen and oxygen atoms in total. The van der Waals surface area contributed by atoms with E-state index in [0.717, 1.165) is 0 Å². The second-order valence-electron chi connectivity index (χ2n) is 3.29. The van der Waals surface area contributed by atoms with E-state index in [9.17, 15) is 14.7 Å². The van der Waals surface area contributed by atoms with Crippen LogP contribution in [0.5, 0.6) is 0 Å². The van der Waals surface area contributed by atoms with E-state index in [1.807, 2.05) is 0 Å². The number of aldehydes is 1. The van der Waals surface area contributed by atoms with E-state index < -0.39 is 36.7 Å². The van der Waals surface area contributed by atoms with Crippen LogP contribution in [0.2, 0.25) is 0 Å². The summed E-state index contributed by atoms with van der Waals surface area (Å²) in [4.78, 5) is 21.4. The van der Waals surface area contributed by atoms with Crippen LogP contribution in [0.3, 0.4) is 0 Å². The number of hydrogen-bond acceptors (Lipinski definition) is 6. The maximum atomic E-state index is 11.1. The van der Waals surface area contributed by atoms with Gasteiger partial charge in [0.05, 0.1) is 30.8 Å². The molecule has 0 radical (unpaired) electrons. The lowest BCUT2D eigenvalue weighted by molar-refractivity contribution is -0.125. The molecule has 1 amide bonds. The molecular formula is C8H17N3O4. The van der Waals surface area contributed by atoms with Crippen molar-refractivity contribution in [3.05, 3.63) is 0 Å². The molecule has 15 heavy (non-hydrogen) atoms. The molecule has 0 aromatic carbocycles. The molecule has 0 unspecified atom stereocenters. The first kappa shape index (κ1) is 14.0. The summed E-state index contributed by atoms with van der Waals surface area (Å²) < 4.78 is 0. The molecule has 0 bridgehead atoms. The second kappa shape index (κ2) is 6.46. The Morgan fingerprint density at radius 1 is 1.53 bits per heavy atom. The van der Waals surface area contributed by atoms with Gasteiger partial charge in [0.25, 0.3) is 0 Å². The van der Waals surface area contributed by atoms with Gasteiger partial charge in [-0.3, -0.25) is 4.79 Å². The lowest BCUT2D eigenvalue weighted by atomic mass is 10.1. The molecule has 0 heterocycles. The molecule has 4 atom stereocenters. The Kier molecular flexibility index (Phi) is 6.02. The van der Waals surface area contributed by atoms with E-state index >= 15 is 0 Å². The van der Waals surface area contributed by atoms with E-state index in [1.165, 1.54) is 6.92 Å². The van der Waals surface area contributed by atoms with Gasteiger partial charge in [-0.05, 0) is 6.92 Å². The zero-order valence-electron chi connectivity index (χ0n) is 8.46. The van der Waals surface area contributed by atoms with Crippen LogP contribution in [0.25, 0.3) is 0 Å². The minimum absolute atomic E-state index is 0.339. The molecule has 7 N–H and O–H groups in total. The minimum atomic E-state index is -1.34. The third kappa shape index (κ3) is 4.34. The minimum Gasteiger partial charge on any atom is -0.394 e. The van der Waals surface area contributed by atoms with Gasteiger partial charge in [0, 0.05) is 0 Å². The highest BCUT2D eigenvalue weighted by molar-refractivity contribution is 5.81. The van der Waals surface area contributed by atoms with Gasteiger partial charge in [-0.15, -0.1) is 0 Å². The first-order valence-corrected chi connectivity index (χ1v) is 4.49. The fourth-order valence-corrected chi connectivity index (χ4v) is 0.902. The van der Waals surface area contributed by atoms with Crippen LogP contribution in [-0.2, 0) is 9.59 Å². The molecule has 0 rings (SSSR count). The number of carbonyl (C=O) groups is 2. The predicted octanol–water partition coefficient (Wildman–Crippen LogP) is -3.30. The van der Waals surface area contributed by atoms with Crippen LogP contribution in [-0.4, -0.2) is 53.2 Å². The van der Waals surface area contributed by atoms with Crippen molar-refractivity contribution in [2.24, 2.45) is 11.5 Å². The Labute approximate surface area is 87.4 Å². The molecule has 0 aromatic rings. The SMILES string of the molecule is C[C@@H](N)C(=O)N[C@H](CO)[C@H](O)[C@H](N)C=O. The number of aliphatic hydroxyl groups excluding tert-OH is 2. The van der Waals surface area contributed by atoms with Gasteiger partial charge < -0.3 is 31.8 Å². The van der Waals surface area contributed by atoms with Crippen LogP contribution in [0.15, 0.2) is 0 Å². The van der Waals surface area contributed by atoms with Crippen LogP contribution in [0.4, 0.5) is 0 Å². The van der Waals surface area contributed by atoms with Gasteiger partial charge in [-0.2, -0.15) is 0 Å². The second-order valence-corrected chi connectivity index (χ2v) is 3.29. The van der Waals surface area contributed by atoms with Crippen molar-refractivity contribution >= 4 is 12.2 Å². The number of amides is 1. The van der Waals surface area contributed by atoms with Crippen molar-refractivity contribution in [3.63, 3.8) is 0 Å². The normalized spacial score (nSPS) is 18.7. The highest BCUT2D eigenvalue weighted by Gasteiger charge is 2.26. The van der Waals surface area contributed by atoms with Crippen LogP contribution >= 0.6 is 0 Å². The first-order chi connectivity index (χ1) is 6.93. The Morgan fingerprint density at radius 3 is 2.40 bits per heavy atom. The van der Waals surface area contributed by atoms with E-state index in [-0.39, 0.29) is 0 Å². The Bertz CT molecular complexity index is 222. The van der Waals surface area contributed by atoms with Gasteiger partial charge >= 0.3 is 0 Å². The predicted molar refractivity (Wildman–Crippen MR) is 52.7 cm³/mol. The lowest BCUT2D eigenvalue weighted by Gasteiger charge is -2.24. The van der Waals surface area contributed by atoms with E-state index in [4.69, 9.17) is 16.6 Å². The third-order valence-electron chi connectivity index (χ3n) is 1.90. The summed E-state index contributed by atoms with van der Waals surface area (Å²) >= 11 is 0. The third-order valence-corrected chi connectivity index (χ3v) is 1.90. The van der Waals surface area contributed by atoms with Gasteiger partial charge in [0.2, 0.25) is 5.91 Å². The standard InChI is InChI=1S/C8H17N3O4/c1-4(9)8(15)11-6(3-13)7(14)5(10)2-12/h2,4-7,13-14H,3,9-10H2,1H3,(H,11,15)/t4-,5-,6-,7-/m1/s1. The first-order valence-electron chi connectivity index (χ1n) is 4.49. The Morgan fingerprint density at radius 2 is 2.07 bits per heavy atom. The maximum Gasteiger partial charge on any atom is 0.237 e. The Hall–Kier alpha value is -1.02. The smallest absolute Gasteiger partial charge is 0.237 e. The number of rotatable bonds is 6. The molecule has 0 aromatic heterocycles. The van der Waals surface area contributed by atoms with E-state index in [1.54, 1.807) is 0 Å².